The van der Waals surface area contributed by atoms with E-state index in [0.717, 1.165) is 24.4 Å². The Kier molecular flexibility index (Phi) is 8.64. The van der Waals surface area contributed by atoms with Gasteiger partial charge in [0.25, 0.3) is 16.0 Å². The maximum absolute atomic E-state index is 13.0. The van der Waals surface area contributed by atoms with E-state index in [4.69, 9.17) is 9.29 Å². The van der Waals surface area contributed by atoms with Crippen LogP contribution in [-0.2, 0) is 16.3 Å². The van der Waals surface area contributed by atoms with E-state index in [1.807, 2.05) is 6.92 Å². The van der Waals surface area contributed by atoms with Crippen molar-refractivity contribution < 1.29 is 35.7 Å². The highest BCUT2D eigenvalue weighted by atomic mass is 32.2. The Hall–Kier alpha value is -3.38. The van der Waals surface area contributed by atoms with Crippen LogP contribution >= 0.6 is 0 Å². The fourth-order valence-electron chi connectivity index (χ4n) is 3.90. The molecule has 0 bridgehead atoms. The summed E-state index contributed by atoms with van der Waals surface area (Å²) in [5.41, 5.74) is 2.24. The maximum atomic E-state index is 13.0. The minimum atomic E-state index is -4.48. The van der Waals surface area contributed by atoms with E-state index >= 15 is 0 Å². The second-order valence-electron chi connectivity index (χ2n) is 8.64. The third kappa shape index (κ3) is 7.56. The summed E-state index contributed by atoms with van der Waals surface area (Å²) in [5.74, 6) is -0.505. The topological polar surface area (TPSA) is 111 Å². The Morgan fingerprint density at radius 1 is 1.16 bits per heavy atom. The van der Waals surface area contributed by atoms with Gasteiger partial charge in [-0.2, -0.15) is 26.7 Å². The number of rotatable bonds is 10. The Morgan fingerprint density at radius 3 is 2.30 bits per heavy atom. The van der Waals surface area contributed by atoms with E-state index in [2.05, 4.69) is 10.4 Å². The molecule has 0 fully saturated rings. The molecule has 37 heavy (non-hydrogen) atoms. The molecule has 0 aliphatic rings. The predicted molar refractivity (Wildman–Crippen MR) is 132 cm³/mol. The molecule has 1 unspecified atom stereocenters. The zero-order chi connectivity index (χ0) is 27.4. The first kappa shape index (κ1) is 28.2. The van der Waals surface area contributed by atoms with Crippen LogP contribution in [0.5, 0.6) is 5.75 Å². The monoisotopic (exact) mass is 539 g/mol. The SMILES string of the molecule is CCCC(Oc1cc(C)c(-n2cc(C(F)(F)F)cn2)c(C)c1)c1ccc(C(=O)NCCS(=O)(=O)O)cc1. The van der Waals surface area contributed by atoms with Gasteiger partial charge >= 0.3 is 6.18 Å². The summed E-state index contributed by atoms with van der Waals surface area (Å²) in [4.78, 5) is 12.2. The standard InChI is InChI=1S/C25H28F3N3O5S/c1-4-5-22(18-6-8-19(9-7-18)24(32)29-10-11-37(33,34)35)36-21-12-16(2)23(17(3)13-21)31-15-20(14-30-31)25(26,27)28/h6-9,12-15,22H,4-5,10-11H2,1-3H3,(H,29,32)(H,33,34,35). The van der Waals surface area contributed by atoms with E-state index in [9.17, 15) is 26.4 Å². The molecular formula is C25H28F3N3O5S. The summed E-state index contributed by atoms with van der Waals surface area (Å²) in [6.45, 7) is 5.33. The van der Waals surface area contributed by atoms with Crippen molar-refractivity contribution in [1.29, 1.82) is 0 Å². The van der Waals surface area contributed by atoms with Crippen molar-refractivity contribution in [1.82, 2.24) is 15.1 Å². The van der Waals surface area contributed by atoms with Crippen LogP contribution in [-0.4, -0.2) is 41.0 Å². The number of carbonyl (C=O) groups is 1. The Labute approximate surface area is 213 Å². The molecule has 12 heteroatoms. The molecule has 0 aliphatic carbocycles. The summed E-state index contributed by atoms with van der Waals surface area (Å²) in [6.07, 6.45) is -1.59. The number of aromatic nitrogens is 2. The van der Waals surface area contributed by atoms with E-state index in [-0.39, 0.29) is 12.6 Å². The zero-order valence-electron chi connectivity index (χ0n) is 20.5. The lowest BCUT2D eigenvalue weighted by Crippen LogP contribution is -2.28. The van der Waals surface area contributed by atoms with Gasteiger partial charge < -0.3 is 10.1 Å². The van der Waals surface area contributed by atoms with Crippen LogP contribution in [0.2, 0.25) is 0 Å². The molecule has 1 heterocycles. The molecule has 200 valence electrons. The lowest BCUT2D eigenvalue weighted by Gasteiger charge is -2.21. The number of aryl methyl sites for hydroxylation is 2. The minimum Gasteiger partial charge on any atom is -0.486 e. The number of nitrogens with one attached hydrogen (secondary N) is 1. The highest BCUT2D eigenvalue weighted by Gasteiger charge is 2.32. The highest BCUT2D eigenvalue weighted by Crippen LogP contribution is 2.33. The Bertz CT molecular complexity index is 1330. The normalized spacial score (nSPS) is 12.8. The van der Waals surface area contributed by atoms with Gasteiger partial charge in [0.2, 0.25) is 0 Å². The molecule has 0 saturated heterocycles. The number of benzene rings is 2. The molecule has 1 aromatic heterocycles. The van der Waals surface area contributed by atoms with Gasteiger partial charge in [-0.1, -0.05) is 25.5 Å². The number of carbonyl (C=O) groups excluding carboxylic acids is 1. The van der Waals surface area contributed by atoms with Crippen LogP contribution in [0.15, 0.2) is 48.8 Å². The summed E-state index contributed by atoms with van der Waals surface area (Å²) < 4.78 is 76.8. The quantitative estimate of drug-likeness (QED) is 0.349. The van der Waals surface area contributed by atoms with Gasteiger partial charge in [-0.3, -0.25) is 9.35 Å². The van der Waals surface area contributed by atoms with Crippen LogP contribution in [0.3, 0.4) is 0 Å². The smallest absolute Gasteiger partial charge is 0.419 e. The van der Waals surface area contributed by atoms with Gasteiger partial charge in [0, 0.05) is 18.3 Å². The lowest BCUT2D eigenvalue weighted by molar-refractivity contribution is -0.137. The summed E-state index contributed by atoms with van der Waals surface area (Å²) in [6, 6.07) is 10.2. The number of alkyl halides is 3. The number of nitrogens with zero attached hydrogens (tertiary/aromatic N) is 2. The number of halogens is 3. The van der Waals surface area contributed by atoms with Crippen LogP contribution in [0.25, 0.3) is 5.69 Å². The molecular weight excluding hydrogens is 511 g/mol. The fourth-order valence-corrected chi connectivity index (χ4v) is 4.26. The van der Waals surface area contributed by atoms with Crippen molar-refractivity contribution in [2.24, 2.45) is 0 Å². The van der Waals surface area contributed by atoms with Crippen LogP contribution < -0.4 is 10.1 Å². The average Bonchev–Trinajstić information content (AvgIpc) is 3.28. The molecule has 3 aromatic rings. The second-order valence-corrected chi connectivity index (χ2v) is 10.2. The van der Waals surface area contributed by atoms with Crippen molar-refractivity contribution in [2.75, 3.05) is 12.3 Å². The van der Waals surface area contributed by atoms with E-state index in [1.54, 1.807) is 50.2 Å². The minimum absolute atomic E-state index is 0.217. The van der Waals surface area contributed by atoms with Gasteiger partial charge in [-0.05, 0) is 61.2 Å². The lowest BCUT2D eigenvalue weighted by atomic mass is 10.0. The van der Waals surface area contributed by atoms with E-state index in [1.165, 1.54) is 4.68 Å². The summed E-state index contributed by atoms with van der Waals surface area (Å²) in [7, 11) is -4.17. The third-order valence-electron chi connectivity index (χ3n) is 5.62. The van der Waals surface area contributed by atoms with Crippen molar-refractivity contribution in [3.63, 3.8) is 0 Å². The van der Waals surface area contributed by atoms with Gasteiger partial charge in [0.05, 0.1) is 23.2 Å². The molecule has 0 saturated carbocycles. The highest BCUT2D eigenvalue weighted by molar-refractivity contribution is 7.85. The summed E-state index contributed by atoms with van der Waals surface area (Å²) in [5, 5.41) is 6.31. The van der Waals surface area contributed by atoms with Gasteiger partial charge in [-0.25, -0.2) is 4.68 Å². The molecule has 8 nitrogen and oxygen atoms in total. The molecule has 0 spiro atoms. The molecule has 1 atom stereocenters. The van der Waals surface area contributed by atoms with Gasteiger partial charge in [0.1, 0.15) is 11.9 Å². The van der Waals surface area contributed by atoms with Crippen LogP contribution in [0.4, 0.5) is 13.2 Å². The van der Waals surface area contributed by atoms with Crippen molar-refractivity contribution in [3.05, 3.63) is 76.6 Å². The van der Waals surface area contributed by atoms with Gasteiger partial charge in [0.15, 0.2) is 0 Å². The first-order valence-electron chi connectivity index (χ1n) is 11.5. The molecule has 2 N–H and O–H groups in total. The number of hydrogen-bond donors (Lipinski definition) is 2. The third-order valence-corrected chi connectivity index (χ3v) is 6.34. The molecule has 0 radical (unpaired) electrons. The first-order chi connectivity index (χ1) is 17.3. The Balaban J connectivity index is 1.76. The number of amides is 1. The first-order valence-corrected chi connectivity index (χ1v) is 13.1. The van der Waals surface area contributed by atoms with E-state index < -0.39 is 33.5 Å². The maximum Gasteiger partial charge on any atom is 0.419 e. The largest absolute Gasteiger partial charge is 0.486 e. The van der Waals surface area contributed by atoms with Crippen molar-refractivity contribution in [2.45, 2.75) is 45.9 Å². The predicted octanol–water partition coefficient (Wildman–Crippen LogP) is 5.05. The van der Waals surface area contributed by atoms with Gasteiger partial charge in [-0.15, -0.1) is 0 Å². The second kappa shape index (κ2) is 11.3. The fraction of sp³-hybridized carbons (Fsp3) is 0.360. The molecule has 1 amide bonds. The van der Waals surface area contributed by atoms with Crippen LogP contribution in [0.1, 0.15) is 58.5 Å². The summed E-state index contributed by atoms with van der Waals surface area (Å²) >= 11 is 0. The van der Waals surface area contributed by atoms with Crippen LogP contribution in [0, 0.1) is 13.8 Å². The zero-order valence-corrected chi connectivity index (χ0v) is 21.4. The molecule has 0 aliphatic heterocycles. The van der Waals surface area contributed by atoms with Crippen molar-refractivity contribution in [3.8, 4) is 11.4 Å². The average molecular weight is 540 g/mol. The number of hydrogen-bond acceptors (Lipinski definition) is 5. The van der Waals surface area contributed by atoms with Crippen molar-refractivity contribution >= 4 is 16.0 Å². The Morgan fingerprint density at radius 2 is 1.78 bits per heavy atom. The molecule has 2 aromatic carbocycles. The molecule has 3 rings (SSSR count). The van der Waals surface area contributed by atoms with E-state index in [0.29, 0.717) is 34.5 Å². The number of ether oxygens (including phenoxy) is 1.